The Morgan fingerprint density at radius 2 is 2.50 bits per heavy atom. The molecule has 1 aromatic heterocycles. The molecule has 1 aromatic rings. The Kier molecular flexibility index (Phi) is 1.99. The topological polar surface area (TPSA) is 37.8 Å². The van der Waals surface area contributed by atoms with E-state index < -0.39 is 0 Å². The van der Waals surface area contributed by atoms with Crippen molar-refractivity contribution in [3.05, 3.63) is 24.7 Å². The molecular weight excluding hydrogens is 126 g/mol. The highest BCUT2D eigenvalue weighted by Crippen LogP contribution is 2.08. The molecule has 3 heteroatoms. The summed E-state index contributed by atoms with van der Waals surface area (Å²) in [5.74, 6) is 0.810. The Balaban J connectivity index is 3.08. The molecule has 1 heterocycles. The van der Waals surface area contributed by atoms with E-state index in [0.717, 1.165) is 11.4 Å². The molecule has 0 aliphatic heterocycles. The van der Waals surface area contributed by atoms with Crippen LogP contribution in [-0.2, 0) is 0 Å². The van der Waals surface area contributed by atoms with Gasteiger partial charge in [-0.3, -0.25) is 0 Å². The van der Waals surface area contributed by atoms with Gasteiger partial charge in [-0.15, -0.1) is 0 Å². The Morgan fingerprint density at radius 1 is 1.70 bits per heavy atom. The van der Waals surface area contributed by atoms with Gasteiger partial charge in [0.05, 0.1) is 0 Å². The fraction of sp³-hybridized carbons (Fsp3) is 0.143. The first-order valence-electron chi connectivity index (χ1n) is 2.98. The zero-order valence-electron chi connectivity index (χ0n) is 5.83. The second kappa shape index (κ2) is 2.96. The second-order valence-corrected chi connectivity index (χ2v) is 1.78. The number of rotatable bonds is 2. The summed E-state index contributed by atoms with van der Waals surface area (Å²) in [4.78, 5) is 7.82. The monoisotopic (exact) mass is 135 g/mol. The zero-order chi connectivity index (χ0) is 7.40. The second-order valence-electron chi connectivity index (χ2n) is 1.78. The molecule has 0 bridgehead atoms. The highest BCUT2D eigenvalue weighted by molar-refractivity contribution is 5.59. The largest absolute Gasteiger partial charge is 0.373 e. The van der Waals surface area contributed by atoms with Gasteiger partial charge in [0, 0.05) is 18.8 Å². The lowest BCUT2D eigenvalue weighted by Crippen LogP contribution is -1.95. The van der Waals surface area contributed by atoms with E-state index in [0.29, 0.717) is 0 Å². The van der Waals surface area contributed by atoms with Gasteiger partial charge in [-0.1, -0.05) is 12.7 Å². The van der Waals surface area contributed by atoms with Gasteiger partial charge in [-0.2, -0.15) is 0 Å². The molecule has 1 rings (SSSR count). The number of hydrogen-bond acceptors (Lipinski definition) is 3. The van der Waals surface area contributed by atoms with Crippen LogP contribution in [-0.4, -0.2) is 17.0 Å². The molecule has 0 aliphatic rings. The molecule has 0 spiro atoms. The van der Waals surface area contributed by atoms with Crippen LogP contribution in [0.2, 0.25) is 0 Å². The summed E-state index contributed by atoms with van der Waals surface area (Å²) in [6.07, 6.45) is 4.93. The summed E-state index contributed by atoms with van der Waals surface area (Å²) in [7, 11) is 1.81. The van der Waals surface area contributed by atoms with E-state index in [-0.39, 0.29) is 0 Å². The van der Waals surface area contributed by atoms with E-state index in [2.05, 4.69) is 21.9 Å². The highest BCUT2D eigenvalue weighted by Gasteiger charge is 1.94. The fourth-order valence-corrected chi connectivity index (χ4v) is 0.699. The van der Waals surface area contributed by atoms with Crippen LogP contribution in [0, 0.1) is 0 Å². The third-order valence-electron chi connectivity index (χ3n) is 1.20. The first kappa shape index (κ1) is 6.74. The lowest BCUT2D eigenvalue weighted by atomic mass is 10.3. The summed E-state index contributed by atoms with van der Waals surface area (Å²) in [5.41, 5.74) is 0.921. The predicted molar refractivity (Wildman–Crippen MR) is 41.7 cm³/mol. The van der Waals surface area contributed by atoms with Crippen molar-refractivity contribution in [3.8, 4) is 0 Å². The van der Waals surface area contributed by atoms with Crippen molar-refractivity contribution >= 4 is 11.9 Å². The maximum Gasteiger partial charge on any atom is 0.136 e. The first-order chi connectivity index (χ1) is 4.88. The molecule has 10 heavy (non-hydrogen) atoms. The van der Waals surface area contributed by atoms with Gasteiger partial charge >= 0.3 is 0 Å². The van der Waals surface area contributed by atoms with Gasteiger partial charge in [-0.05, 0) is 0 Å². The van der Waals surface area contributed by atoms with Gasteiger partial charge in [0.15, 0.2) is 0 Å². The van der Waals surface area contributed by atoms with E-state index in [1.165, 1.54) is 6.33 Å². The number of anilines is 1. The molecule has 0 saturated carbocycles. The molecule has 0 aliphatic carbocycles. The van der Waals surface area contributed by atoms with Crippen LogP contribution >= 0.6 is 0 Å². The van der Waals surface area contributed by atoms with Crippen LogP contribution in [0.15, 0.2) is 19.1 Å². The van der Waals surface area contributed by atoms with Crippen molar-refractivity contribution in [2.75, 3.05) is 12.4 Å². The van der Waals surface area contributed by atoms with Crippen molar-refractivity contribution in [3.63, 3.8) is 0 Å². The Bertz CT molecular complexity index is 232. The van der Waals surface area contributed by atoms with Gasteiger partial charge in [-0.25, -0.2) is 9.97 Å². The molecule has 0 atom stereocenters. The van der Waals surface area contributed by atoms with Crippen LogP contribution in [0.4, 0.5) is 5.82 Å². The SMILES string of the molecule is C=Cc1cncnc1NC. The van der Waals surface area contributed by atoms with Crippen molar-refractivity contribution in [2.24, 2.45) is 0 Å². The van der Waals surface area contributed by atoms with Gasteiger partial charge in [0.2, 0.25) is 0 Å². The standard InChI is InChI=1S/C7H9N3/c1-3-6-4-9-5-10-7(6)8-2/h3-5H,1H2,2H3,(H,8,9,10). The molecule has 0 amide bonds. The zero-order valence-corrected chi connectivity index (χ0v) is 5.83. The molecule has 0 saturated heterocycles. The third-order valence-corrected chi connectivity index (χ3v) is 1.20. The van der Waals surface area contributed by atoms with Crippen LogP contribution in [0.3, 0.4) is 0 Å². The Labute approximate surface area is 59.8 Å². The molecular formula is C7H9N3. The Hall–Kier alpha value is -1.38. The van der Waals surface area contributed by atoms with Gasteiger partial charge in [0.25, 0.3) is 0 Å². The van der Waals surface area contributed by atoms with Crippen LogP contribution in [0.1, 0.15) is 5.56 Å². The van der Waals surface area contributed by atoms with Crippen molar-refractivity contribution in [1.29, 1.82) is 0 Å². The lowest BCUT2D eigenvalue weighted by Gasteiger charge is -2.00. The average Bonchev–Trinajstić information content (AvgIpc) is 2.04. The normalized spacial score (nSPS) is 8.90. The van der Waals surface area contributed by atoms with Crippen molar-refractivity contribution < 1.29 is 0 Å². The van der Waals surface area contributed by atoms with Crippen LogP contribution < -0.4 is 5.32 Å². The quantitative estimate of drug-likeness (QED) is 0.661. The minimum Gasteiger partial charge on any atom is -0.373 e. The predicted octanol–water partition coefficient (Wildman–Crippen LogP) is 1.16. The fourth-order valence-electron chi connectivity index (χ4n) is 0.699. The molecule has 0 fully saturated rings. The van der Waals surface area contributed by atoms with Crippen LogP contribution in [0.5, 0.6) is 0 Å². The smallest absolute Gasteiger partial charge is 0.136 e. The molecule has 0 aromatic carbocycles. The van der Waals surface area contributed by atoms with Crippen molar-refractivity contribution in [1.82, 2.24) is 9.97 Å². The summed E-state index contributed by atoms with van der Waals surface area (Å²) >= 11 is 0. The minimum atomic E-state index is 0.810. The maximum absolute atomic E-state index is 3.97. The van der Waals surface area contributed by atoms with E-state index in [1.807, 2.05) is 7.05 Å². The lowest BCUT2D eigenvalue weighted by molar-refractivity contribution is 1.15. The summed E-state index contributed by atoms with van der Waals surface area (Å²) < 4.78 is 0. The van der Waals surface area contributed by atoms with E-state index >= 15 is 0 Å². The maximum atomic E-state index is 3.97. The highest BCUT2D eigenvalue weighted by atomic mass is 15.0. The molecule has 52 valence electrons. The van der Waals surface area contributed by atoms with Gasteiger partial charge in [0.1, 0.15) is 12.1 Å². The van der Waals surface area contributed by atoms with Crippen molar-refractivity contribution in [2.45, 2.75) is 0 Å². The molecule has 3 nitrogen and oxygen atoms in total. The summed E-state index contributed by atoms with van der Waals surface area (Å²) in [5, 5.41) is 2.92. The minimum absolute atomic E-state index is 0.810. The Morgan fingerprint density at radius 3 is 3.00 bits per heavy atom. The summed E-state index contributed by atoms with van der Waals surface area (Å²) in [6, 6.07) is 0. The molecule has 0 unspecified atom stereocenters. The van der Waals surface area contributed by atoms with E-state index in [4.69, 9.17) is 0 Å². The van der Waals surface area contributed by atoms with E-state index in [9.17, 15) is 0 Å². The van der Waals surface area contributed by atoms with Crippen LogP contribution in [0.25, 0.3) is 6.08 Å². The molecule has 1 N–H and O–H groups in total. The summed E-state index contributed by atoms with van der Waals surface area (Å²) in [6.45, 7) is 3.62. The first-order valence-corrected chi connectivity index (χ1v) is 2.98. The average molecular weight is 135 g/mol. The number of nitrogens with zero attached hydrogens (tertiary/aromatic N) is 2. The van der Waals surface area contributed by atoms with Gasteiger partial charge < -0.3 is 5.32 Å². The number of hydrogen-bond donors (Lipinski definition) is 1. The number of aromatic nitrogens is 2. The number of nitrogens with one attached hydrogen (secondary N) is 1. The van der Waals surface area contributed by atoms with E-state index in [1.54, 1.807) is 12.3 Å². The third kappa shape index (κ3) is 1.13. The molecule has 0 radical (unpaired) electrons.